The molecule has 0 aromatic heterocycles. The van der Waals surface area contributed by atoms with Crippen LogP contribution >= 0.6 is 11.6 Å². The van der Waals surface area contributed by atoms with E-state index in [4.69, 9.17) is 16.3 Å². The fraction of sp³-hybridized carbons (Fsp3) is 0.400. The van der Waals surface area contributed by atoms with Crippen LogP contribution in [0.1, 0.15) is 5.56 Å². The zero-order valence-electron chi connectivity index (χ0n) is 7.46. The first-order chi connectivity index (χ1) is 6.25. The summed E-state index contributed by atoms with van der Waals surface area (Å²) in [7, 11) is 0. The largest absolute Gasteiger partial charge is 0.488 e. The van der Waals surface area contributed by atoms with Crippen LogP contribution in [0.3, 0.4) is 0 Å². The van der Waals surface area contributed by atoms with Crippen molar-refractivity contribution in [2.45, 2.75) is 13.0 Å². The molecule has 0 amide bonds. The van der Waals surface area contributed by atoms with Gasteiger partial charge in [0.1, 0.15) is 11.9 Å². The second kappa shape index (κ2) is 3.56. The number of ether oxygens (including phenoxy) is 1. The predicted octanol–water partition coefficient (Wildman–Crippen LogP) is 2.01. The van der Waals surface area contributed by atoms with Crippen molar-refractivity contribution in [2.24, 2.45) is 0 Å². The number of hydrogen-bond acceptors (Lipinski definition) is 1. The number of nitrogens with zero attached hydrogens (tertiary/aromatic N) is 1. The van der Waals surface area contributed by atoms with Gasteiger partial charge < -0.3 is 4.74 Å². The molecule has 2 rings (SSSR count). The van der Waals surface area contributed by atoms with Gasteiger partial charge >= 0.3 is 0 Å². The SMILES string of the molecule is Cc1cc(OC2C[N]C2)ccc1Cl. The lowest BCUT2D eigenvalue weighted by molar-refractivity contribution is 0.138. The van der Waals surface area contributed by atoms with Crippen molar-refractivity contribution >= 4 is 11.6 Å². The van der Waals surface area contributed by atoms with Crippen molar-refractivity contribution in [2.75, 3.05) is 13.1 Å². The summed E-state index contributed by atoms with van der Waals surface area (Å²) in [6.07, 6.45) is 0.278. The molecule has 0 saturated carbocycles. The van der Waals surface area contributed by atoms with E-state index in [9.17, 15) is 0 Å². The zero-order chi connectivity index (χ0) is 9.26. The van der Waals surface area contributed by atoms with Gasteiger partial charge in [0.15, 0.2) is 0 Å². The van der Waals surface area contributed by atoms with Gasteiger partial charge in [-0.15, -0.1) is 0 Å². The van der Waals surface area contributed by atoms with E-state index in [0.29, 0.717) is 0 Å². The maximum Gasteiger partial charge on any atom is 0.127 e. The molecule has 0 unspecified atom stereocenters. The Balaban J connectivity index is 2.07. The smallest absolute Gasteiger partial charge is 0.127 e. The van der Waals surface area contributed by atoms with E-state index in [1.54, 1.807) is 0 Å². The molecule has 1 saturated heterocycles. The third kappa shape index (κ3) is 1.95. The van der Waals surface area contributed by atoms with E-state index in [1.165, 1.54) is 0 Å². The van der Waals surface area contributed by atoms with E-state index in [0.717, 1.165) is 29.4 Å². The summed E-state index contributed by atoms with van der Waals surface area (Å²) in [5.74, 6) is 0.891. The summed E-state index contributed by atoms with van der Waals surface area (Å²) in [6.45, 7) is 3.61. The normalized spacial score (nSPS) is 16.8. The summed E-state index contributed by atoms with van der Waals surface area (Å²) in [5.41, 5.74) is 1.05. The molecule has 69 valence electrons. The molecule has 1 aliphatic heterocycles. The fourth-order valence-corrected chi connectivity index (χ4v) is 1.31. The topological polar surface area (TPSA) is 23.3 Å². The summed E-state index contributed by atoms with van der Waals surface area (Å²) in [5, 5.41) is 4.87. The number of halogens is 1. The number of benzene rings is 1. The Morgan fingerprint density at radius 1 is 1.46 bits per heavy atom. The fourth-order valence-electron chi connectivity index (χ4n) is 1.19. The summed E-state index contributed by atoms with van der Waals surface area (Å²) < 4.78 is 5.63. The molecule has 1 aromatic carbocycles. The highest BCUT2D eigenvalue weighted by Crippen LogP contribution is 2.22. The van der Waals surface area contributed by atoms with Crippen LogP contribution in [-0.4, -0.2) is 19.2 Å². The molecule has 1 radical (unpaired) electrons. The van der Waals surface area contributed by atoms with Crippen LogP contribution in [0, 0.1) is 6.92 Å². The summed E-state index contributed by atoms with van der Waals surface area (Å²) in [4.78, 5) is 0. The van der Waals surface area contributed by atoms with Crippen molar-refractivity contribution in [3.63, 3.8) is 0 Å². The third-order valence-corrected chi connectivity index (χ3v) is 2.52. The average molecular weight is 197 g/mol. The highest BCUT2D eigenvalue weighted by Gasteiger charge is 2.19. The quantitative estimate of drug-likeness (QED) is 0.710. The van der Waals surface area contributed by atoms with Crippen molar-refractivity contribution in [1.82, 2.24) is 5.32 Å². The lowest BCUT2D eigenvalue weighted by Gasteiger charge is -2.26. The van der Waals surface area contributed by atoms with E-state index in [1.807, 2.05) is 25.1 Å². The molecule has 0 atom stereocenters. The van der Waals surface area contributed by atoms with E-state index in [2.05, 4.69) is 5.32 Å². The van der Waals surface area contributed by atoms with Crippen molar-refractivity contribution in [3.05, 3.63) is 28.8 Å². The molecule has 1 fully saturated rings. The van der Waals surface area contributed by atoms with Gasteiger partial charge in [0.2, 0.25) is 0 Å². The molecular formula is C10H11ClNO. The Labute approximate surface area is 82.9 Å². The van der Waals surface area contributed by atoms with Crippen LogP contribution in [0.5, 0.6) is 5.75 Å². The Morgan fingerprint density at radius 2 is 2.23 bits per heavy atom. The van der Waals surface area contributed by atoms with Crippen molar-refractivity contribution in [1.29, 1.82) is 0 Å². The van der Waals surface area contributed by atoms with Crippen LogP contribution in [0.2, 0.25) is 5.02 Å². The maximum atomic E-state index is 5.89. The second-order valence-electron chi connectivity index (χ2n) is 3.24. The predicted molar refractivity (Wildman–Crippen MR) is 52.5 cm³/mol. The molecule has 1 aliphatic rings. The third-order valence-electron chi connectivity index (χ3n) is 2.10. The Hall–Kier alpha value is -0.730. The highest BCUT2D eigenvalue weighted by atomic mass is 35.5. The molecule has 3 heteroatoms. The first-order valence-electron chi connectivity index (χ1n) is 4.32. The molecule has 2 nitrogen and oxygen atoms in total. The second-order valence-corrected chi connectivity index (χ2v) is 3.65. The molecule has 0 bridgehead atoms. The van der Waals surface area contributed by atoms with Gasteiger partial charge in [-0.3, -0.25) is 0 Å². The van der Waals surface area contributed by atoms with E-state index >= 15 is 0 Å². The lowest BCUT2D eigenvalue weighted by atomic mass is 10.2. The highest BCUT2D eigenvalue weighted by molar-refractivity contribution is 6.31. The van der Waals surface area contributed by atoms with Crippen LogP contribution in [-0.2, 0) is 0 Å². The molecule has 0 spiro atoms. The van der Waals surface area contributed by atoms with Gasteiger partial charge in [-0.05, 0) is 30.7 Å². The maximum absolute atomic E-state index is 5.89. The monoisotopic (exact) mass is 196 g/mol. The van der Waals surface area contributed by atoms with Gasteiger partial charge in [-0.2, -0.15) is 0 Å². The summed E-state index contributed by atoms with van der Waals surface area (Å²) >= 11 is 5.89. The standard InChI is InChI=1S/C10H11ClNO/c1-7-4-8(2-3-10(7)11)13-9-5-12-6-9/h2-4,9H,5-6H2,1H3. The lowest BCUT2D eigenvalue weighted by Crippen LogP contribution is -2.45. The molecule has 13 heavy (non-hydrogen) atoms. The Morgan fingerprint density at radius 3 is 2.77 bits per heavy atom. The minimum atomic E-state index is 0.278. The minimum absolute atomic E-state index is 0.278. The van der Waals surface area contributed by atoms with E-state index < -0.39 is 0 Å². The number of hydrogen-bond donors (Lipinski definition) is 0. The minimum Gasteiger partial charge on any atom is -0.488 e. The van der Waals surface area contributed by atoms with Gasteiger partial charge in [-0.1, -0.05) is 11.6 Å². The Kier molecular flexibility index (Phi) is 2.42. The molecule has 1 aromatic rings. The molecule has 0 N–H and O–H groups in total. The average Bonchev–Trinajstić information content (AvgIpc) is 2.04. The van der Waals surface area contributed by atoms with E-state index in [-0.39, 0.29) is 6.10 Å². The first kappa shape index (κ1) is 8.85. The summed E-state index contributed by atoms with van der Waals surface area (Å²) in [6, 6.07) is 5.72. The molecule has 0 aliphatic carbocycles. The molecule has 1 heterocycles. The molecular weight excluding hydrogens is 186 g/mol. The number of aryl methyl sites for hydroxylation is 1. The van der Waals surface area contributed by atoms with Crippen molar-refractivity contribution in [3.8, 4) is 5.75 Å². The zero-order valence-corrected chi connectivity index (χ0v) is 8.21. The van der Waals surface area contributed by atoms with Gasteiger partial charge in [0, 0.05) is 5.02 Å². The van der Waals surface area contributed by atoms with Crippen LogP contribution in [0.4, 0.5) is 0 Å². The first-order valence-corrected chi connectivity index (χ1v) is 4.69. The Bertz CT molecular complexity index is 310. The number of rotatable bonds is 2. The van der Waals surface area contributed by atoms with Crippen LogP contribution in [0.25, 0.3) is 0 Å². The van der Waals surface area contributed by atoms with Gasteiger partial charge in [0.05, 0.1) is 13.1 Å². The van der Waals surface area contributed by atoms with Crippen molar-refractivity contribution < 1.29 is 4.74 Å². The van der Waals surface area contributed by atoms with Gasteiger partial charge in [0.25, 0.3) is 0 Å². The van der Waals surface area contributed by atoms with Crippen LogP contribution < -0.4 is 10.1 Å². The van der Waals surface area contributed by atoms with Gasteiger partial charge in [-0.25, -0.2) is 5.32 Å². The van der Waals surface area contributed by atoms with Crippen LogP contribution in [0.15, 0.2) is 18.2 Å².